The monoisotopic (exact) mass is 185 g/mol. The van der Waals surface area contributed by atoms with Crippen molar-refractivity contribution in [1.29, 1.82) is 0 Å². The van der Waals surface area contributed by atoms with Crippen molar-refractivity contribution in [3.05, 3.63) is 29.8 Å². The molecule has 0 aliphatic heterocycles. The highest BCUT2D eigenvalue weighted by Gasteiger charge is 2.03. The summed E-state index contributed by atoms with van der Waals surface area (Å²) in [5, 5.41) is 2.71. The number of benzene rings is 1. The van der Waals surface area contributed by atoms with Crippen LogP contribution in [0.25, 0.3) is 0 Å². The first-order valence-corrected chi connectivity index (χ1v) is 4.34. The molecule has 0 aliphatic rings. The van der Waals surface area contributed by atoms with Gasteiger partial charge >= 0.3 is 0 Å². The van der Waals surface area contributed by atoms with E-state index in [2.05, 4.69) is 5.32 Å². The molecule has 13 heavy (non-hydrogen) atoms. The molecule has 1 nitrogen and oxygen atoms in total. The quantitative estimate of drug-likeness (QED) is 0.760. The lowest BCUT2D eigenvalue weighted by molar-refractivity contribution is 0.163. The fourth-order valence-electron chi connectivity index (χ4n) is 1.19. The highest BCUT2D eigenvalue weighted by Crippen LogP contribution is 2.15. The lowest BCUT2D eigenvalue weighted by Crippen LogP contribution is -2.11. The standard InChI is InChI=1S/C10H13F2N/c1-2-8-5-3-4-6-9(8)13-7-10(11)12/h3-6,10,13H,2,7H2,1H3. The predicted molar refractivity (Wildman–Crippen MR) is 50.3 cm³/mol. The fraction of sp³-hybridized carbons (Fsp3) is 0.400. The van der Waals surface area contributed by atoms with Crippen LogP contribution in [0.2, 0.25) is 0 Å². The van der Waals surface area contributed by atoms with Crippen LogP contribution in [0.5, 0.6) is 0 Å². The molecule has 0 heterocycles. The average molecular weight is 185 g/mol. The molecule has 72 valence electrons. The minimum Gasteiger partial charge on any atom is -0.379 e. The number of rotatable bonds is 4. The van der Waals surface area contributed by atoms with Crippen LogP contribution in [-0.2, 0) is 6.42 Å². The summed E-state index contributed by atoms with van der Waals surface area (Å²) < 4.78 is 23.8. The first-order chi connectivity index (χ1) is 6.24. The zero-order valence-corrected chi connectivity index (χ0v) is 7.56. The fourth-order valence-corrected chi connectivity index (χ4v) is 1.19. The number of nitrogens with one attached hydrogen (secondary N) is 1. The van der Waals surface area contributed by atoms with Crippen LogP contribution in [0.15, 0.2) is 24.3 Å². The number of anilines is 1. The molecule has 3 heteroatoms. The van der Waals surface area contributed by atoms with Crippen LogP contribution >= 0.6 is 0 Å². The van der Waals surface area contributed by atoms with E-state index >= 15 is 0 Å². The van der Waals surface area contributed by atoms with E-state index in [0.29, 0.717) is 0 Å². The van der Waals surface area contributed by atoms with Gasteiger partial charge in [-0.05, 0) is 18.1 Å². The van der Waals surface area contributed by atoms with Crippen molar-refractivity contribution in [2.24, 2.45) is 0 Å². The third kappa shape index (κ3) is 3.01. The van der Waals surface area contributed by atoms with Crippen LogP contribution in [0.4, 0.5) is 14.5 Å². The van der Waals surface area contributed by atoms with Crippen molar-refractivity contribution in [1.82, 2.24) is 0 Å². The van der Waals surface area contributed by atoms with Crippen LogP contribution in [-0.4, -0.2) is 13.0 Å². The number of para-hydroxylation sites is 1. The maximum Gasteiger partial charge on any atom is 0.255 e. The Balaban J connectivity index is 2.64. The van der Waals surface area contributed by atoms with Crippen molar-refractivity contribution in [2.45, 2.75) is 19.8 Å². The van der Waals surface area contributed by atoms with Crippen molar-refractivity contribution < 1.29 is 8.78 Å². The molecule has 0 saturated carbocycles. The van der Waals surface area contributed by atoms with E-state index in [0.717, 1.165) is 17.7 Å². The number of halogens is 2. The van der Waals surface area contributed by atoms with Crippen LogP contribution in [0.1, 0.15) is 12.5 Å². The van der Waals surface area contributed by atoms with Gasteiger partial charge in [-0.1, -0.05) is 25.1 Å². The van der Waals surface area contributed by atoms with Crippen molar-refractivity contribution in [2.75, 3.05) is 11.9 Å². The van der Waals surface area contributed by atoms with E-state index in [9.17, 15) is 8.78 Å². The molecular weight excluding hydrogens is 172 g/mol. The zero-order chi connectivity index (χ0) is 9.68. The summed E-state index contributed by atoms with van der Waals surface area (Å²) in [6.45, 7) is 1.72. The SMILES string of the molecule is CCc1ccccc1NCC(F)F. The zero-order valence-electron chi connectivity index (χ0n) is 7.56. The molecular formula is C10H13F2N. The van der Waals surface area contributed by atoms with E-state index in [4.69, 9.17) is 0 Å². The summed E-state index contributed by atoms with van der Waals surface area (Å²) in [5.74, 6) is 0. The molecule has 0 aromatic heterocycles. The molecule has 0 saturated heterocycles. The number of hydrogen-bond acceptors (Lipinski definition) is 1. The van der Waals surface area contributed by atoms with E-state index in [1.165, 1.54) is 0 Å². The Bertz CT molecular complexity index is 261. The third-order valence-electron chi connectivity index (χ3n) is 1.85. The molecule has 0 fully saturated rings. The third-order valence-corrected chi connectivity index (χ3v) is 1.85. The summed E-state index contributed by atoms with van der Waals surface area (Å²) in [4.78, 5) is 0. The van der Waals surface area contributed by atoms with Crippen LogP contribution < -0.4 is 5.32 Å². The molecule has 0 bridgehead atoms. The van der Waals surface area contributed by atoms with Gasteiger partial charge in [-0.3, -0.25) is 0 Å². The van der Waals surface area contributed by atoms with Gasteiger partial charge in [0.2, 0.25) is 0 Å². The van der Waals surface area contributed by atoms with E-state index in [1.807, 2.05) is 31.2 Å². The Labute approximate surface area is 76.8 Å². The van der Waals surface area contributed by atoms with Gasteiger partial charge in [0.15, 0.2) is 0 Å². The summed E-state index contributed by atoms with van der Waals surface area (Å²) in [6.07, 6.45) is -1.45. The summed E-state index contributed by atoms with van der Waals surface area (Å²) >= 11 is 0. The van der Waals surface area contributed by atoms with Gasteiger partial charge in [0.1, 0.15) is 0 Å². The molecule has 1 rings (SSSR count). The van der Waals surface area contributed by atoms with E-state index < -0.39 is 6.43 Å². The van der Waals surface area contributed by atoms with Gasteiger partial charge in [-0.15, -0.1) is 0 Å². The molecule has 1 aromatic carbocycles. The maximum atomic E-state index is 11.9. The molecule has 0 unspecified atom stereocenters. The van der Waals surface area contributed by atoms with Gasteiger partial charge in [-0.2, -0.15) is 0 Å². The van der Waals surface area contributed by atoms with Gasteiger partial charge in [0.05, 0.1) is 6.54 Å². The minimum atomic E-state index is -2.30. The Morgan fingerprint density at radius 1 is 1.31 bits per heavy atom. The second-order valence-corrected chi connectivity index (χ2v) is 2.78. The maximum absolute atomic E-state index is 11.9. The molecule has 1 N–H and O–H groups in total. The molecule has 0 radical (unpaired) electrons. The Morgan fingerprint density at radius 2 is 2.00 bits per heavy atom. The predicted octanol–water partition coefficient (Wildman–Crippen LogP) is 2.93. The van der Waals surface area contributed by atoms with Crippen molar-refractivity contribution in [3.8, 4) is 0 Å². The second kappa shape index (κ2) is 4.80. The number of alkyl halides is 2. The summed E-state index contributed by atoms with van der Waals surface area (Å²) in [5.41, 5.74) is 1.88. The summed E-state index contributed by atoms with van der Waals surface area (Å²) in [7, 11) is 0. The molecule has 0 atom stereocenters. The lowest BCUT2D eigenvalue weighted by Gasteiger charge is -2.09. The smallest absolute Gasteiger partial charge is 0.255 e. The molecule has 0 spiro atoms. The van der Waals surface area contributed by atoms with E-state index in [-0.39, 0.29) is 6.54 Å². The molecule has 0 amide bonds. The van der Waals surface area contributed by atoms with Crippen LogP contribution in [0, 0.1) is 0 Å². The topological polar surface area (TPSA) is 12.0 Å². The van der Waals surface area contributed by atoms with Crippen molar-refractivity contribution >= 4 is 5.69 Å². The van der Waals surface area contributed by atoms with Crippen LogP contribution in [0.3, 0.4) is 0 Å². The van der Waals surface area contributed by atoms with E-state index in [1.54, 1.807) is 0 Å². The Morgan fingerprint density at radius 3 is 2.62 bits per heavy atom. The second-order valence-electron chi connectivity index (χ2n) is 2.78. The Hall–Kier alpha value is -1.12. The Kier molecular flexibility index (Phi) is 3.68. The molecule has 1 aromatic rings. The molecule has 0 aliphatic carbocycles. The normalized spacial score (nSPS) is 10.5. The number of aryl methyl sites for hydroxylation is 1. The first kappa shape index (κ1) is 9.96. The van der Waals surface area contributed by atoms with Crippen molar-refractivity contribution in [3.63, 3.8) is 0 Å². The minimum absolute atomic E-state index is 0.281. The van der Waals surface area contributed by atoms with Gasteiger partial charge < -0.3 is 5.32 Å². The lowest BCUT2D eigenvalue weighted by atomic mass is 10.1. The first-order valence-electron chi connectivity index (χ1n) is 4.34. The number of hydrogen-bond donors (Lipinski definition) is 1. The van der Waals surface area contributed by atoms with Gasteiger partial charge in [-0.25, -0.2) is 8.78 Å². The largest absolute Gasteiger partial charge is 0.379 e. The highest BCUT2D eigenvalue weighted by molar-refractivity contribution is 5.50. The van der Waals surface area contributed by atoms with Gasteiger partial charge in [0.25, 0.3) is 6.43 Å². The summed E-state index contributed by atoms with van der Waals surface area (Å²) in [6, 6.07) is 7.51. The van der Waals surface area contributed by atoms with Gasteiger partial charge in [0, 0.05) is 5.69 Å². The average Bonchev–Trinajstić information content (AvgIpc) is 2.15. The highest BCUT2D eigenvalue weighted by atomic mass is 19.3.